The molecule has 0 saturated carbocycles. The van der Waals surface area contributed by atoms with Gasteiger partial charge in [0.05, 0.1) is 17.4 Å². The van der Waals surface area contributed by atoms with E-state index in [1.54, 1.807) is 13.8 Å². The highest BCUT2D eigenvalue weighted by molar-refractivity contribution is 6.43. The third-order valence-electron chi connectivity index (χ3n) is 5.03. The lowest BCUT2D eigenvalue weighted by molar-refractivity contribution is -0.144. The monoisotopic (exact) mass is 433 g/mol. The highest BCUT2D eigenvalue weighted by Crippen LogP contribution is 2.24. The Labute approximate surface area is 177 Å². The molecule has 10 heteroatoms. The Morgan fingerprint density at radius 2 is 1.74 bits per heavy atom. The van der Waals surface area contributed by atoms with Crippen LogP contribution in [-0.4, -0.2) is 50.5 Å². The van der Waals surface area contributed by atoms with Crippen molar-refractivity contribution in [3.8, 4) is 0 Å². The van der Waals surface area contributed by atoms with Gasteiger partial charge in [0.1, 0.15) is 5.82 Å². The number of aryl methyl sites for hydroxylation is 1. The minimum atomic E-state index is -1.66. The summed E-state index contributed by atoms with van der Waals surface area (Å²) in [5.74, 6) is -4.74. The Bertz CT molecular complexity index is 1070. The molecule has 166 valence electrons. The van der Waals surface area contributed by atoms with Crippen molar-refractivity contribution in [2.45, 2.75) is 39.8 Å². The summed E-state index contributed by atoms with van der Waals surface area (Å²) in [6.07, 6.45) is -1.43. The van der Waals surface area contributed by atoms with Crippen LogP contribution in [0.2, 0.25) is 0 Å². The number of amides is 2. The molecular weight excluding hydrogens is 409 g/mol. The van der Waals surface area contributed by atoms with Gasteiger partial charge >= 0.3 is 5.97 Å². The molecule has 1 unspecified atom stereocenters. The number of hydrogen-bond acceptors (Lipinski definition) is 5. The smallest absolute Gasteiger partial charge is 0.328 e. The number of Topliss-reactive ketones (excluding diaryl/α,β-unsaturated/α-hetero) is 1. The molecule has 9 nitrogen and oxygen atoms in total. The molecule has 0 radical (unpaired) electrons. The van der Waals surface area contributed by atoms with Gasteiger partial charge < -0.3 is 25.4 Å². The van der Waals surface area contributed by atoms with Crippen LogP contribution in [0.5, 0.6) is 0 Å². The number of anilines is 1. The molecule has 2 rings (SSSR count). The molecular formula is C21H24FN3O6. The fourth-order valence-corrected chi connectivity index (χ4v) is 3.25. The molecule has 0 aliphatic heterocycles. The predicted octanol–water partition coefficient (Wildman–Crippen LogP) is 1.47. The minimum absolute atomic E-state index is 0.0924. The third-order valence-corrected chi connectivity index (χ3v) is 5.03. The Morgan fingerprint density at radius 3 is 2.26 bits per heavy atom. The average molecular weight is 433 g/mol. The van der Waals surface area contributed by atoms with Crippen molar-refractivity contribution in [1.82, 2.24) is 9.88 Å². The molecule has 1 aromatic carbocycles. The van der Waals surface area contributed by atoms with Crippen molar-refractivity contribution in [2.75, 3.05) is 5.32 Å². The number of nitrogens with one attached hydrogen (secondary N) is 2. The number of nitrogens with zero attached hydrogens (tertiary/aromatic N) is 1. The van der Waals surface area contributed by atoms with Crippen LogP contribution in [-0.2, 0) is 16.6 Å². The van der Waals surface area contributed by atoms with E-state index in [2.05, 4.69) is 5.32 Å². The van der Waals surface area contributed by atoms with Crippen molar-refractivity contribution < 1.29 is 33.8 Å². The summed E-state index contributed by atoms with van der Waals surface area (Å²) < 4.78 is 14.8. The van der Waals surface area contributed by atoms with Gasteiger partial charge in [-0.25, -0.2) is 9.18 Å². The van der Waals surface area contributed by atoms with Crippen LogP contribution in [0.1, 0.15) is 44.6 Å². The van der Waals surface area contributed by atoms with Gasteiger partial charge in [0.15, 0.2) is 6.04 Å². The van der Waals surface area contributed by atoms with E-state index in [1.807, 2.05) is 5.32 Å². The number of aliphatic hydroxyl groups excluding tert-OH is 1. The lowest BCUT2D eigenvalue weighted by Gasteiger charge is -2.16. The van der Waals surface area contributed by atoms with Crippen LogP contribution < -0.4 is 10.6 Å². The summed E-state index contributed by atoms with van der Waals surface area (Å²) in [7, 11) is 1.49. The zero-order valence-corrected chi connectivity index (χ0v) is 17.7. The van der Waals surface area contributed by atoms with E-state index in [4.69, 9.17) is 5.11 Å². The highest BCUT2D eigenvalue weighted by atomic mass is 19.1. The fourth-order valence-electron chi connectivity index (χ4n) is 3.25. The molecule has 0 aliphatic carbocycles. The van der Waals surface area contributed by atoms with Crippen molar-refractivity contribution in [3.05, 3.63) is 52.1 Å². The number of carbonyl (C=O) groups is 4. The first-order valence-electron chi connectivity index (χ1n) is 9.36. The third kappa shape index (κ3) is 4.80. The second-order valence-electron chi connectivity index (χ2n) is 7.27. The number of carboxylic acids is 1. The minimum Gasteiger partial charge on any atom is -0.480 e. The quantitative estimate of drug-likeness (QED) is 0.385. The van der Waals surface area contributed by atoms with Gasteiger partial charge in [-0.05, 0) is 57.0 Å². The summed E-state index contributed by atoms with van der Waals surface area (Å²) in [6, 6.07) is 2.41. The van der Waals surface area contributed by atoms with Crippen LogP contribution >= 0.6 is 0 Å². The van der Waals surface area contributed by atoms with Gasteiger partial charge in [-0.15, -0.1) is 0 Å². The largest absolute Gasteiger partial charge is 0.480 e. The number of carboxylic acid groups (broad SMARTS) is 1. The highest BCUT2D eigenvalue weighted by Gasteiger charge is 2.32. The maximum absolute atomic E-state index is 13.5. The molecule has 0 saturated heterocycles. The normalized spacial score (nSPS) is 12.7. The van der Waals surface area contributed by atoms with E-state index in [0.717, 1.165) is 0 Å². The summed E-state index contributed by atoms with van der Waals surface area (Å²) in [6.45, 7) is 5.79. The van der Waals surface area contributed by atoms with Crippen LogP contribution in [0, 0.1) is 26.6 Å². The van der Waals surface area contributed by atoms with Gasteiger partial charge in [0.2, 0.25) is 0 Å². The van der Waals surface area contributed by atoms with E-state index in [-0.39, 0.29) is 16.8 Å². The zero-order valence-electron chi connectivity index (χ0n) is 17.7. The molecule has 31 heavy (non-hydrogen) atoms. The Hall–Kier alpha value is -3.53. The van der Waals surface area contributed by atoms with Crippen LogP contribution in [0.25, 0.3) is 0 Å². The van der Waals surface area contributed by atoms with E-state index < -0.39 is 41.5 Å². The number of benzene rings is 1. The number of aliphatic hydroxyl groups is 1. The maximum Gasteiger partial charge on any atom is 0.328 e. The summed E-state index contributed by atoms with van der Waals surface area (Å²) >= 11 is 0. The maximum atomic E-state index is 13.5. The molecule has 1 aromatic heterocycles. The summed E-state index contributed by atoms with van der Waals surface area (Å²) in [4.78, 5) is 49.0. The summed E-state index contributed by atoms with van der Waals surface area (Å²) in [5.41, 5.74) is 1.39. The van der Waals surface area contributed by atoms with Gasteiger partial charge in [-0.1, -0.05) is 0 Å². The molecule has 0 aliphatic rings. The Kier molecular flexibility index (Phi) is 6.96. The van der Waals surface area contributed by atoms with Gasteiger partial charge in [-0.3, -0.25) is 14.4 Å². The van der Waals surface area contributed by atoms with Gasteiger partial charge in [0, 0.05) is 18.4 Å². The molecule has 2 aromatic rings. The number of aromatic nitrogens is 1. The van der Waals surface area contributed by atoms with Crippen molar-refractivity contribution in [3.63, 3.8) is 0 Å². The average Bonchev–Trinajstić information content (AvgIpc) is 2.90. The van der Waals surface area contributed by atoms with E-state index in [1.165, 1.54) is 43.7 Å². The van der Waals surface area contributed by atoms with Gasteiger partial charge in [-0.2, -0.15) is 0 Å². The number of hydrogen-bond donors (Lipinski definition) is 4. The van der Waals surface area contributed by atoms with Gasteiger partial charge in [0.25, 0.3) is 17.6 Å². The number of rotatable bonds is 7. The first-order valence-corrected chi connectivity index (χ1v) is 9.36. The number of carbonyl (C=O) groups excluding carboxylic acids is 3. The van der Waals surface area contributed by atoms with Crippen LogP contribution in [0.15, 0.2) is 18.2 Å². The molecule has 0 fully saturated rings. The number of halogens is 1. The number of ketones is 1. The van der Waals surface area contributed by atoms with E-state index in [9.17, 15) is 28.7 Å². The Balaban J connectivity index is 2.35. The fraction of sp³-hybridized carbons (Fsp3) is 0.333. The molecule has 0 bridgehead atoms. The summed E-state index contributed by atoms with van der Waals surface area (Å²) in [5, 5.41) is 23.2. The van der Waals surface area contributed by atoms with E-state index in [0.29, 0.717) is 16.9 Å². The second kappa shape index (κ2) is 9.09. The van der Waals surface area contributed by atoms with Crippen molar-refractivity contribution in [1.29, 1.82) is 0 Å². The topological polar surface area (TPSA) is 138 Å². The molecule has 2 amide bonds. The van der Waals surface area contributed by atoms with Crippen LogP contribution in [0.3, 0.4) is 0 Å². The molecule has 4 N–H and O–H groups in total. The van der Waals surface area contributed by atoms with E-state index >= 15 is 0 Å². The van der Waals surface area contributed by atoms with Crippen molar-refractivity contribution >= 4 is 29.3 Å². The first-order chi connectivity index (χ1) is 14.4. The second-order valence-corrected chi connectivity index (χ2v) is 7.27. The SMILES string of the molecule is Cc1cc(NC(=O)c2c(C)c(C(=O)C(=O)N[C@H](C(=O)O)C(C)O)n(C)c2C)ccc1F. The Morgan fingerprint density at radius 1 is 1.13 bits per heavy atom. The first kappa shape index (κ1) is 23.7. The lowest BCUT2D eigenvalue weighted by Crippen LogP contribution is -2.50. The molecule has 2 atom stereocenters. The van der Waals surface area contributed by atoms with Crippen molar-refractivity contribution in [2.24, 2.45) is 7.05 Å². The van der Waals surface area contributed by atoms with Crippen LogP contribution in [0.4, 0.5) is 10.1 Å². The predicted molar refractivity (Wildman–Crippen MR) is 110 cm³/mol. The number of aliphatic carboxylic acids is 1. The zero-order chi connectivity index (χ0) is 23.6. The molecule has 0 spiro atoms. The standard InChI is InChI=1S/C21H24FN3O6/c1-9-8-13(6-7-14(9)22)23-19(28)15-10(2)17(25(5)11(15)3)18(27)20(29)24-16(12(4)26)21(30)31/h6-8,12,16,26H,1-5H3,(H,23,28)(H,24,29)(H,30,31)/t12?,16-/m0/s1. The lowest BCUT2D eigenvalue weighted by atomic mass is 10.1. The molecule has 1 heterocycles.